The number of rotatable bonds is 7. The highest BCUT2D eigenvalue weighted by Gasteiger charge is 2.03. The van der Waals surface area contributed by atoms with E-state index in [0.29, 0.717) is 11.9 Å². The number of halogens is 1. The van der Waals surface area contributed by atoms with Crippen LogP contribution in [0.1, 0.15) is 40.5 Å². The van der Waals surface area contributed by atoms with Gasteiger partial charge in [0.15, 0.2) is 5.96 Å². The minimum atomic E-state index is 0. The topological polar surface area (TPSA) is 59.6 Å². The smallest absolute Gasteiger partial charge is 0.193 e. The molecule has 5 heteroatoms. The molecule has 0 amide bonds. The number of nitrogens with zero attached hydrogens (tertiary/aromatic N) is 1. The summed E-state index contributed by atoms with van der Waals surface area (Å²) >= 11 is 0. The van der Waals surface area contributed by atoms with E-state index in [1.165, 1.54) is 0 Å². The highest BCUT2D eigenvalue weighted by Crippen LogP contribution is 2.16. The third kappa shape index (κ3) is 8.14. The SMILES string of the molecule is CCC(CC)CN=C(N)Nc1ccc(OC(C)C)cc1.I. The molecule has 0 aliphatic rings. The van der Waals surface area contributed by atoms with Crippen LogP contribution in [0, 0.1) is 5.92 Å². The molecule has 0 fully saturated rings. The van der Waals surface area contributed by atoms with Gasteiger partial charge in [0.1, 0.15) is 5.75 Å². The summed E-state index contributed by atoms with van der Waals surface area (Å²) in [6, 6.07) is 7.74. The summed E-state index contributed by atoms with van der Waals surface area (Å²) in [6.45, 7) is 9.16. The fraction of sp³-hybridized carbons (Fsp3) is 0.562. The van der Waals surface area contributed by atoms with E-state index in [1.807, 2.05) is 38.1 Å². The number of ether oxygens (including phenoxy) is 1. The van der Waals surface area contributed by atoms with Gasteiger partial charge >= 0.3 is 0 Å². The lowest BCUT2D eigenvalue weighted by Gasteiger charge is -2.12. The molecule has 0 spiro atoms. The van der Waals surface area contributed by atoms with Gasteiger partial charge in [-0.15, -0.1) is 24.0 Å². The average Bonchev–Trinajstić information content (AvgIpc) is 2.41. The van der Waals surface area contributed by atoms with Crippen LogP contribution in [-0.4, -0.2) is 18.6 Å². The van der Waals surface area contributed by atoms with Crippen LogP contribution in [0.3, 0.4) is 0 Å². The van der Waals surface area contributed by atoms with Crippen molar-refractivity contribution in [1.29, 1.82) is 0 Å². The van der Waals surface area contributed by atoms with Gasteiger partial charge < -0.3 is 15.8 Å². The number of hydrogen-bond acceptors (Lipinski definition) is 2. The molecule has 120 valence electrons. The predicted octanol–water partition coefficient (Wildman–Crippen LogP) is 4.25. The number of nitrogens with one attached hydrogen (secondary N) is 1. The molecule has 0 aliphatic heterocycles. The Morgan fingerprint density at radius 2 is 1.76 bits per heavy atom. The second-order valence-corrected chi connectivity index (χ2v) is 5.22. The van der Waals surface area contributed by atoms with E-state index in [1.54, 1.807) is 0 Å². The van der Waals surface area contributed by atoms with E-state index in [9.17, 15) is 0 Å². The van der Waals surface area contributed by atoms with E-state index in [4.69, 9.17) is 10.5 Å². The normalized spacial score (nSPS) is 11.4. The summed E-state index contributed by atoms with van der Waals surface area (Å²) < 4.78 is 5.59. The van der Waals surface area contributed by atoms with E-state index < -0.39 is 0 Å². The van der Waals surface area contributed by atoms with Crippen molar-refractivity contribution in [3.8, 4) is 5.75 Å². The van der Waals surface area contributed by atoms with Gasteiger partial charge in [-0.05, 0) is 44.0 Å². The quantitative estimate of drug-likeness (QED) is 0.405. The second kappa shape index (κ2) is 10.7. The third-order valence-electron chi connectivity index (χ3n) is 3.17. The zero-order valence-electron chi connectivity index (χ0n) is 13.4. The van der Waals surface area contributed by atoms with E-state index in [-0.39, 0.29) is 30.1 Å². The fourth-order valence-corrected chi connectivity index (χ4v) is 1.85. The van der Waals surface area contributed by atoms with Gasteiger partial charge in [0.25, 0.3) is 0 Å². The van der Waals surface area contributed by atoms with Crippen molar-refractivity contribution in [2.45, 2.75) is 46.6 Å². The van der Waals surface area contributed by atoms with Crippen molar-refractivity contribution >= 4 is 35.6 Å². The third-order valence-corrected chi connectivity index (χ3v) is 3.17. The summed E-state index contributed by atoms with van der Waals surface area (Å²) in [6.07, 6.45) is 2.45. The van der Waals surface area contributed by atoms with Crippen molar-refractivity contribution in [2.75, 3.05) is 11.9 Å². The Bertz CT molecular complexity index is 414. The molecule has 0 radical (unpaired) electrons. The highest BCUT2D eigenvalue weighted by molar-refractivity contribution is 14.0. The molecular weight excluding hydrogens is 377 g/mol. The molecule has 0 atom stereocenters. The molecule has 1 aromatic carbocycles. The highest BCUT2D eigenvalue weighted by atomic mass is 127. The summed E-state index contributed by atoms with van der Waals surface area (Å²) in [5.74, 6) is 1.93. The Morgan fingerprint density at radius 1 is 1.19 bits per heavy atom. The molecule has 0 unspecified atom stereocenters. The molecule has 0 heterocycles. The van der Waals surface area contributed by atoms with Gasteiger partial charge in [-0.1, -0.05) is 26.7 Å². The van der Waals surface area contributed by atoms with Crippen molar-refractivity contribution in [3.63, 3.8) is 0 Å². The minimum absolute atomic E-state index is 0. The maximum absolute atomic E-state index is 5.89. The van der Waals surface area contributed by atoms with Crippen LogP contribution in [0.15, 0.2) is 29.3 Å². The monoisotopic (exact) mass is 405 g/mol. The standard InChI is InChI=1S/C16H27N3O.HI/c1-5-13(6-2)11-18-16(17)19-14-7-9-15(10-8-14)20-12(3)4;/h7-10,12-13H,5-6,11H2,1-4H3,(H3,17,18,19);1H. The first-order chi connectivity index (χ1) is 9.55. The lowest BCUT2D eigenvalue weighted by molar-refractivity contribution is 0.242. The first-order valence-electron chi connectivity index (χ1n) is 7.38. The molecular formula is C16H28IN3O. The average molecular weight is 405 g/mol. The molecule has 1 rings (SSSR count). The Hall–Kier alpha value is -0.980. The van der Waals surface area contributed by atoms with E-state index in [0.717, 1.165) is 30.8 Å². The van der Waals surface area contributed by atoms with Gasteiger partial charge in [-0.2, -0.15) is 0 Å². The largest absolute Gasteiger partial charge is 0.491 e. The van der Waals surface area contributed by atoms with Crippen molar-refractivity contribution in [2.24, 2.45) is 16.6 Å². The van der Waals surface area contributed by atoms with Crippen LogP contribution in [0.4, 0.5) is 5.69 Å². The molecule has 1 aromatic rings. The molecule has 0 saturated carbocycles. The van der Waals surface area contributed by atoms with Crippen LogP contribution in [0.25, 0.3) is 0 Å². The number of nitrogens with two attached hydrogens (primary N) is 1. The van der Waals surface area contributed by atoms with Crippen LogP contribution < -0.4 is 15.8 Å². The van der Waals surface area contributed by atoms with Crippen LogP contribution >= 0.6 is 24.0 Å². The fourth-order valence-electron chi connectivity index (χ4n) is 1.85. The molecule has 0 saturated heterocycles. The van der Waals surface area contributed by atoms with Crippen LogP contribution in [-0.2, 0) is 0 Å². The van der Waals surface area contributed by atoms with Gasteiger partial charge in [0.2, 0.25) is 0 Å². The maximum Gasteiger partial charge on any atom is 0.193 e. The Kier molecular flexibility index (Phi) is 10.2. The molecule has 4 nitrogen and oxygen atoms in total. The molecule has 3 N–H and O–H groups in total. The molecule has 0 bridgehead atoms. The van der Waals surface area contributed by atoms with Crippen LogP contribution in [0.2, 0.25) is 0 Å². The van der Waals surface area contributed by atoms with Crippen LogP contribution in [0.5, 0.6) is 5.75 Å². The number of aliphatic imine (C=N–C) groups is 1. The van der Waals surface area contributed by atoms with Crippen molar-refractivity contribution < 1.29 is 4.74 Å². The van der Waals surface area contributed by atoms with E-state index >= 15 is 0 Å². The van der Waals surface area contributed by atoms with Gasteiger partial charge in [0.05, 0.1) is 6.10 Å². The predicted molar refractivity (Wildman–Crippen MR) is 102 cm³/mol. The minimum Gasteiger partial charge on any atom is -0.491 e. The number of anilines is 1. The summed E-state index contributed by atoms with van der Waals surface area (Å²) in [5.41, 5.74) is 6.81. The molecule has 21 heavy (non-hydrogen) atoms. The Morgan fingerprint density at radius 3 is 2.24 bits per heavy atom. The summed E-state index contributed by atoms with van der Waals surface area (Å²) in [7, 11) is 0. The first-order valence-corrected chi connectivity index (χ1v) is 7.38. The number of hydrogen-bond donors (Lipinski definition) is 2. The Labute approximate surface area is 145 Å². The number of guanidine groups is 1. The van der Waals surface area contributed by atoms with E-state index in [2.05, 4.69) is 24.2 Å². The zero-order valence-corrected chi connectivity index (χ0v) is 15.8. The summed E-state index contributed by atoms with van der Waals surface area (Å²) in [5, 5.41) is 3.10. The van der Waals surface area contributed by atoms with Gasteiger partial charge in [-0.3, -0.25) is 4.99 Å². The zero-order chi connectivity index (χ0) is 15.0. The second-order valence-electron chi connectivity index (χ2n) is 5.22. The lowest BCUT2D eigenvalue weighted by atomic mass is 10.0. The maximum atomic E-state index is 5.89. The lowest BCUT2D eigenvalue weighted by Crippen LogP contribution is -2.23. The van der Waals surface area contributed by atoms with Gasteiger partial charge in [0, 0.05) is 12.2 Å². The first kappa shape index (κ1) is 20.0. The van der Waals surface area contributed by atoms with Crippen molar-refractivity contribution in [1.82, 2.24) is 0 Å². The summed E-state index contributed by atoms with van der Waals surface area (Å²) in [4.78, 5) is 4.38. The van der Waals surface area contributed by atoms with Crippen molar-refractivity contribution in [3.05, 3.63) is 24.3 Å². The Balaban J connectivity index is 0.00000400. The van der Waals surface area contributed by atoms with Gasteiger partial charge in [-0.25, -0.2) is 0 Å². The molecule has 0 aromatic heterocycles. The molecule has 0 aliphatic carbocycles. The number of benzene rings is 1.